The Labute approximate surface area is 230 Å². The van der Waals surface area contributed by atoms with Crippen LogP contribution in [0.3, 0.4) is 0 Å². The molecule has 39 heavy (non-hydrogen) atoms. The molecule has 4 rings (SSSR count). The number of carbonyl (C=O) groups excluding carboxylic acids is 1. The van der Waals surface area contributed by atoms with Gasteiger partial charge in [0.2, 0.25) is 11.9 Å². The maximum Gasteiger partial charge on any atom is 0.247 e. The fraction of sp³-hybridized carbons (Fsp3) is 0.222. The topological polar surface area (TPSA) is 108 Å². The van der Waals surface area contributed by atoms with Crippen molar-refractivity contribution in [2.24, 2.45) is 0 Å². The first-order chi connectivity index (χ1) is 18.8. The quantitative estimate of drug-likeness (QED) is 0.258. The fourth-order valence-electron chi connectivity index (χ4n) is 3.60. The zero-order chi connectivity index (χ0) is 27.9. The minimum Gasteiger partial charge on any atom is -0.494 e. The first kappa shape index (κ1) is 27.6. The Hall–Kier alpha value is -4.42. The molecule has 0 aliphatic heterocycles. The summed E-state index contributed by atoms with van der Waals surface area (Å²) < 4.78 is 18.9. The van der Waals surface area contributed by atoms with Crippen molar-refractivity contribution in [3.05, 3.63) is 67.1 Å². The van der Waals surface area contributed by atoms with Crippen molar-refractivity contribution in [1.29, 1.82) is 0 Å². The number of nitrogens with zero attached hydrogens (tertiary/aromatic N) is 6. The summed E-state index contributed by atoms with van der Waals surface area (Å²) in [6.07, 6.45) is 2.83. The second-order valence-corrected chi connectivity index (χ2v) is 9.78. The van der Waals surface area contributed by atoms with Gasteiger partial charge in [-0.05, 0) is 56.6 Å². The molecule has 0 saturated heterocycles. The number of nitrogens with one attached hydrogen (secondary N) is 2. The summed E-state index contributed by atoms with van der Waals surface area (Å²) in [7, 11) is 7.52. The third-order valence-electron chi connectivity index (χ3n) is 5.69. The fourth-order valence-corrected chi connectivity index (χ4v) is 4.42. The molecule has 202 valence electrons. The summed E-state index contributed by atoms with van der Waals surface area (Å²) in [5.74, 6) is 0.201. The van der Waals surface area contributed by atoms with Crippen LogP contribution in [0.15, 0.2) is 61.3 Å². The number of likely N-dealkylation sites (N-methyl/N-ethyl adjacent to an activating group) is 2. The number of ether oxygens (including phenoxy) is 1. The first-order valence-corrected chi connectivity index (χ1v) is 12.8. The molecule has 0 aliphatic rings. The molecule has 0 radical (unpaired) electrons. The highest BCUT2D eigenvalue weighted by Gasteiger charge is 2.17. The zero-order valence-corrected chi connectivity index (χ0v) is 22.9. The number of hydrogen-bond acceptors (Lipinski definition) is 10. The van der Waals surface area contributed by atoms with Gasteiger partial charge in [-0.3, -0.25) is 4.79 Å². The number of aromatic nitrogens is 4. The minimum absolute atomic E-state index is 0.305. The Morgan fingerprint density at radius 2 is 1.82 bits per heavy atom. The number of benzene rings is 2. The van der Waals surface area contributed by atoms with E-state index >= 15 is 0 Å². The van der Waals surface area contributed by atoms with Gasteiger partial charge in [0.1, 0.15) is 22.3 Å². The number of hydrogen-bond donors (Lipinski definition) is 2. The molecule has 4 aromatic rings. The second kappa shape index (κ2) is 12.4. The third kappa shape index (κ3) is 6.92. The molecule has 0 atom stereocenters. The number of anilines is 4. The number of rotatable bonds is 11. The van der Waals surface area contributed by atoms with Crippen molar-refractivity contribution in [3.63, 3.8) is 0 Å². The molecule has 0 spiro atoms. The van der Waals surface area contributed by atoms with E-state index in [1.807, 2.05) is 32.1 Å². The average molecular weight is 549 g/mol. The van der Waals surface area contributed by atoms with Crippen LogP contribution in [0, 0.1) is 5.82 Å². The predicted octanol–water partition coefficient (Wildman–Crippen LogP) is 4.68. The normalized spacial score (nSPS) is 10.8. The molecular formula is C27H29FN8O2S. The van der Waals surface area contributed by atoms with Crippen molar-refractivity contribution < 1.29 is 13.9 Å². The van der Waals surface area contributed by atoms with E-state index < -0.39 is 0 Å². The largest absolute Gasteiger partial charge is 0.494 e. The zero-order valence-electron chi connectivity index (χ0n) is 22.1. The Balaban J connectivity index is 1.63. The SMILES string of the molecule is C=CC(=O)Nc1cc(Nc2nccc(-c3nnc(-c4ccc(F)cc4)s3)n2)c(OC)cc1N(C)CCN(C)C. The predicted molar refractivity (Wildman–Crippen MR) is 153 cm³/mol. The Bertz CT molecular complexity index is 1460. The summed E-state index contributed by atoms with van der Waals surface area (Å²) in [4.78, 5) is 25.3. The molecule has 0 aliphatic carbocycles. The summed E-state index contributed by atoms with van der Waals surface area (Å²) in [5, 5.41) is 15.8. The highest BCUT2D eigenvalue weighted by atomic mass is 32.1. The van der Waals surface area contributed by atoms with Crippen LogP contribution in [0.25, 0.3) is 21.3 Å². The summed E-state index contributed by atoms with van der Waals surface area (Å²) in [6, 6.07) is 11.4. The van der Waals surface area contributed by atoms with Crippen LogP contribution < -0.4 is 20.3 Å². The molecule has 0 bridgehead atoms. The van der Waals surface area contributed by atoms with Crippen molar-refractivity contribution >= 4 is 40.3 Å². The molecule has 12 heteroatoms. The number of carbonyl (C=O) groups is 1. The number of halogens is 1. The van der Waals surface area contributed by atoms with E-state index in [0.29, 0.717) is 38.8 Å². The van der Waals surface area contributed by atoms with Crippen LogP contribution in [0.5, 0.6) is 5.75 Å². The maximum absolute atomic E-state index is 13.3. The average Bonchev–Trinajstić information content (AvgIpc) is 3.43. The van der Waals surface area contributed by atoms with Gasteiger partial charge >= 0.3 is 0 Å². The Morgan fingerprint density at radius 1 is 1.08 bits per heavy atom. The smallest absolute Gasteiger partial charge is 0.247 e. The summed E-state index contributed by atoms with van der Waals surface area (Å²) in [5.41, 5.74) is 3.25. The van der Waals surface area contributed by atoms with Crippen LogP contribution >= 0.6 is 11.3 Å². The summed E-state index contributed by atoms with van der Waals surface area (Å²) >= 11 is 1.34. The molecule has 10 nitrogen and oxygen atoms in total. The van der Waals surface area contributed by atoms with Gasteiger partial charge in [-0.1, -0.05) is 17.9 Å². The monoisotopic (exact) mass is 548 g/mol. The first-order valence-electron chi connectivity index (χ1n) is 12.0. The Kier molecular flexibility index (Phi) is 8.79. The van der Waals surface area contributed by atoms with Crippen LogP contribution in [0.1, 0.15) is 0 Å². The Morgan fingerprint density at radius 3 is 2.51 bits per heavy atom. The molecule has 2 aromatic carbocycles. The molecule has 2 heterocycles. The minimum atomic E-state index is -0.333. The van der Waals surface area contributed by atoms with Gasteiger partial charge in [0.25, 0.3) is 0 Å². The maximum atomic E-state index is 13.3. The number of methoxy groups -OCH3 is 1. The van der Waals surface area contributed by atoms with Crippen LogP contribution in [0.4, 0.5) is 27.4 Å². The van der Waals surface area contributed by atoms with Crippen LogP contribution in [-0.4, -0.2) is 72.3 Å². The van der Waals surface area contributed by atoms with Gasteiger partial charge in [0.15, 0.2) is 5.01 Å². The van der Waals surface area contributed by atoms with E-state index in [2.05, 4.69) is 42.3 Å². The van der Waals surface area contributed by atoms with Crippen molar-refractivity contribution in [2.45, 2.75) is 0 Å². The highest BCUT2D eigenvalue weighted by Crippen LogP contribution is 2.38. The van der Waals surface area contributed by atoms with Crippen LogP contribution in [-0.2, 0) is 4.79 Å². The van der Waals surface area contributed by atoms with E-state index in [0.717, 1.165) is 24.3 Å². The van der Waals surface area contributed by atoms with E-state index in [1.165, 1.54) is 29.5 Å². The second-order valence-electron chi connectivity index (χ2n) is 8.80. The third-order valence-corrected chi connectivity index (χ3v) is 6.69. The molecule has 2 N–H and O–H groups in total. The van der Waals surface area contributed by atoms with E-state index in [4.69, 9.17) is 4.74 Å². The van der Waals surface area contributed by atoms with E-state index in [1.54, 1.807) is 37.6 Å². The number of amides is 1. The van der Waals surface area contributed by atoms with Crippen molar-refractivity contribution in [3.8, 4) is 27.0 Å². The van der Waals surface area contributed by atoms with Crippen LogP contribution in [0.2, 0.25) is 0 Å². The summed E-state index contributed by atoms with van der Waals surface area (Å²) in [6.45, 7) is 5.11. The van der Waals surface area contributed by atoms with Gasteiger partial charge in [-0.2, -0.15) is 0 Å². The van der Waals surface area contributed by atoms with Gasteiger partial charge < -0.3 is 25.2 Å². The lowest BCUT2D eigenvalue weighted by atomic mass is 10.2. The highest BCUT2D eigenvalue weighted by molar-refractivity contribution is 7.17. The lowest BCUT2D eigenvalue weighted by molar-refractivity contribution is -0.111. The van der Waals surface area contributed by atoms with Crippen molar-refractivity contribution in [1.82, 2.24) is 25.1 Å². The standard InChI is InChI=1S/C27H29FN8O2S/c1-6-24(37)30-20-15-21(23(38-5)16-22(20)36(4)14-13-35(2)3)32-27-29-12-11-19(31-27)26-34-33-25(39-26)17-7-9-18(28)10-8-17/h6-12,15-16H,1,13-14H2,2-5H3,(H,30,37)(H,29,31,32). The van der Waals surface area contributed by atoms with E-state index in [-0.39, 0.29) is 11.7 Å². The molecule has 0 saturated carbocycles. The van der Waals surface area contributed by atoms with Gasteiger partial charge in [0.05, 0.1) is 24.2 Å². The molecule has 1 amide bonds. The van der Waals surface area contributed by atoms with E-state index in [9.17, 15) is 9.18 Å². The van der Waals surface area contributed by atoms with Gasteiger partial charge in [-0.25, -0.2) is 14.4 Å². The van der Waals surface area contributed by atoms with Gasteiger partial charge in [0, 0.05) is 38.0 Å². The van der Waals surface area contributed by atoms with Crippen molar-refractivity contribution in [2.75, 3.05) is 56.9 Å². The molecule has 0 unspecified atom stereocenters. The van der Waals surface area contributed by atoms with Gasteiger partial charge in [-0.15, -0.1) is 10.2 Å². The molecule has 2 aromatic heterocycles. The molecule has 0 fully saturated rings. The molecular weight excluding hydrogens is 519 g/mol. The lowest BCUT2D eigenvalue weighted by Gasteiger charge is -2.26. The lowest BCUT2D eigenvalue weighted by Crippen LogP contribution is -2.29.